The molecule has 1 rings (SSSR count). The minimum absolute atomic E-state index is 0. The Morgan fingerprint density at radius 3 is 2.53 bits per heavy atom. The van der Waals surface area contributed by atoms with E-state index in [0.29, 0.717) is 23.9 Å². The van der Waals surface area contributed by atoms with E-state index >= 15 is 0 Å². The van der Waals surface area contributed by atoms with Crippen LogP contribution < -0.4 is 5.32 Å². The Bertz CT molecular complexity index is 417. The Labute approximate surface area is 131 Å². The summed E-state index contributed by atoms with van der Waals surface area (Å²) < 4.78 is 36.9. The van der Waals surface area contributed by atoms with Gasteiger partial charge in [0.2, 0.25) is 0 Å². The highest BCUT2D eigenvalue weighted by Crippen LogP contribution is 2.29. The average Bonchev–Trinajstić information content (AvgIpc) is 2.72. The largest absolute Gasteiger partial charge is 0.434 e. The Morgan fingerprint density at radius 2 is 2.11 bits per heavy atom. The quantitative estimate of drug-likeness (QED) is 0.475. The van der Waals surface area contributed by atoms with Gasteiger partial charge in [0.05, 0.1) is 5.01 Å². The van der Waals surface area contributed by atoms with Crippen LogP contribution in [0.2, 0.25) is 0 Å². The van der Waals surface area contributed by atoms with E-state index < -0.39 is 11.9 Å². The number of aliphatic imine (C=N–C) groups is 1. The van der Waals surface area contributed by atoms with Gasteiger partial charge in [-0.2, -0.15) is 13.2 Å². The molecule has 0 spiro atoms. The zero-order valence-corrected chi connectivity index (χ0v) is 13.9. The Morgan fingerprint density at radius 1 is 1.47 bits per heavy atom. The van der Waals surface area contributed by atoms with Crippen molar-refractivity contribution in [3.05, 3.63) is 16.1 Å². The minimum atomic E-state index is -4.36. The number of rotatable bonds is 3. The van der Waals surface area contributed by atoms with Gasteiger partial charge in [0.25, 0.3) is 0 Å². The highest BCUT2D eigenvalue weighted by atomic mass is 127. The molecule has 0 aliphatic rings. The second kappa shape index (κ2) is 7.88. The van der Waals surface area contributed by atoms with Crippen LogP contribution in [0.15, 0.2) is 10.4 Å². The first-order chi connectivity index (χ1) is 8.34. The lowest BCUT2D eigenvalue weighted by atomic mass is 10.4. The van der Waals surface area contributed by atoms with Crippen LogP contribution in [0.1, 0.15) is 10.7 Å². The molecule has 0 saturated heterocycles. The summed E-state index contributed by atoms with van der Waals surface area (Å²) in [6, 6.07) is 0. The fourth-order valence-electron chi connectivity index (χ4n) is 1.27. The first-order valence-corrected chi connectivity index (χ1v) is 6.12. The molecule has 19 heavy (non-hydrogen) atoms. The standard InChI is InChI=1S/C10H15F3N4S.HI/c1-14-9(17(2)3)15-5-4-8-16-7(6-18-8)10(11,12)13;/h6H,4-5H2,1-3H3,(H,14,15);1H. The Hall–Kier alpha value is -0.580. The number of alkyl halides is 3. The number of aromatic nitrogens is 1. The molecule has 0 amide bonds. The first kappa shape index (κ1) is 18.4. The van der Waals surface area contributed by atoms with E-state index in [1.165, 1.54) is 0 Å². The van der Waals surface area contributed by atoms with Gasteiger partial charge in [-0.1, -0.05) is 0 Å². The van der Waals surface area contributed by atoms with Crippen LogP contribution in [-0.4, -0.2) is 43.5 Å². The molecule has 0 aromatic carbocycles. The third-order valence-electron chi connectivity index (χ3n) is 2.10. The molecule has 4 nitrogen and oxygen atoms in total. The van der Waals surface area contributed by atoms with E-state index in [1.54, 1.807) is 11.9 Å². The maximum Gasteiger partial charge on any atom is 0.434 e. The van der Waals surface area contributed by atoms with E-state index in [0.717, 1.165) is 16.7 Å². The molecule has 9 heteroatoms. The first-order valence-electron chi connectivity index (χ1n) is 5.24. The van der Waals surface area contributed by atoms with Crippen LogP contribution in [0.5, 0.6) is 0 Å². The van der Waals surface area contributed by atoms with Crippen LogP contribution in [0, 0.1) is 0 Å². The van der Waals surface area contributed by atoms with E-state index in [9.17, 15) is 13.2 Å². The molecule has 0 aliphatic carbocycles. The van der Waals surface area contributed by atoms with Crippen LogP contribution in [0.3, 0.4) is 0 Å². The summed E-state index contributed by atoms with van der Waals surface area (Å²) in [7, 11) is 5.31. The van der Waals surface area contributed by atoms with Crippen molar-refractivity contribution in [3.8, 4) is 0 Å². The van der Waals surface area contributed by atoms with Crippen molar-refractivity contribution in [2.75, 3.05) is 27.7 Å². The molecule has 0 aliphatic heterocycles. The summed E-state index contributed by atoms with van der Waals surface area (Å²) in [4.78, 5) is 9.34. The Kier molecular flexibility index (Phi) is 7.64. The van der Waals surface area contributed by atoms with E-state index in [4.69, 9.17) is 0 Å². The van der Waals surface area contributed by atoms with Crippen LogP contribution in [0.4, 0.5) is 13.2 Å². The SMILES string of the molecule is CN=C(NCCc1nc(C(F)(F)F)cs1)N(C)C.I. The number of hydrogen-bond donors (Lipinski definition) is 1. The number of halogens is 4. The summed E-state index contributed by atoms with van der Waals surface area (Å²) in [6.45, 7) is 0.496. The van der Waals surface area contributed by atoms with Crippen molar-refractivity contribution in [3.63, 3.8) is 0 Å². The molecule has 0 bridgehead atoms. The minimum Gasteiger partial charge on any atom is -0.356 e. The van der Waals surface area contributed by atoms with Crippen molar-refractivity contribution in [1.29, 1.82) is 0 Å². The van der Waals surface area contributed by atoms with Crippen LogP contribution in [-0.2, 0) is 12.6 Å². The van der Waals surface area contributed by atoms with Gasteiger partial charge in [0, 0.05) is 39.5 Å². The number of nitrogens with zero attached hydrogens (tertiary/aromatic N) is 3. The second-order valence-electron chi connectivity index (χ2n) is 3.74. The maximum absolute atomic E-state index is 12.3. The van der Waals surface area contributed by atoms with Crippen LogP contribution in [0.25, 0.3) is 0 Å². The molecule has 1 heterocycles. The van der Waals surface area contributed by atoms with Crippen molar-refractivity contribution < 1.29 is 13.2 Å². The molecule has 1 N–H and O–H groups in total. The molecule has 1 aromatic heterocycles. The molecule has 0 fully saturated rings. The maximum atomic E-state index is 12.3. The van der Waals surface area contributed by atoms with Gasteiger partial charge < -0.3 is 10.2 Å². The normalized spacial score (nSPS) is 12.0. The zero-order valence-electron chi connectivity index (χ0n) is 10.8. The summed E-state index contributed by atoms with van der Waals surface area (Å²) in [6.07, 6.45) is -3.92. The average molecular weight is 408 g/mol. The molecule has 0 atom stereocenters. The van der Waals surface area contributed by atoms with Crippen molar-refractivity contribution in [2.24, 2.45) is 4.99 Å². The third kappa shape index (κ3) is 5.93. The van der Waals surface area contributed by atoms with Crippen LogP contribution >= 0.6 is 35.3 Å². The smallest absolute Gasteiger partial charge is 0.356 e. The van der Waals surface area contributed by atoms with E-state index in [1.807, 2.05) is 14.1 Å². The molecule has 0 radical (unpaired) electrons. The van der Waals surface area contributed by atoms with Gasteiger partial charge in [-0.3, -0.25) is 4.99 Å². The fourth-order valence-corrected chi connectivity index (χ4v) is 2.08. The van der Waals surface area contributed by atoms with Crippen molar-refractivity contribution in [1.82, 2.24) is 15.2 Å². The summed E-state index contributed by atoms with van der Waals surface area (Å²) in [5.74, 6) is 0.683. The Balaban J connectivity index is 0.00000324. The van der Waals surface area contributed by atoms with Gasteiger partial charge in [0.1, 0.15) is 0 Å². The van der Waals surface area contributed by atoms with Crippen molar-refractivity contribution >= 4 is 41.3 Å². The summed E-state index contributed by atoms with van der Waals surface area (Å²) in [5, 5.41) is 4.53. The monoisotopic (exact) mass is 408 g/mol. The lowest BCUT2D eigenvalue weighted by Gasteiger charge is -2.16. The number of nitrogens with one attached hydrogen (secondary N) is 1. The predicted molar refractivity (Wildman–Crippen MR) is 81.3 cm³/mol. The lowest BCUT2D eigenvalue weighted by Crippen LogP contribution is -2.37. The number of guanidine groups is 1. The molecular formula is C10H16F3IN4S. The fraction of sp³-hybridized carbons (Fsp3) is 0.600. The van der Waals surface area contributed by atoms with Gasteiger partial charge in [-0.25, -0.2) is 4.98 Å². The third-order valence-corrected chi connectivity index (χ3v) is 3.01. The predicted octanol–water partition coefficient (Wildman–Crippen LogP) is 2.46. The number of thiazole rings is 1. The van der Waals surface area contributed by atoms with Gasteiger partial charge in [-0.05, 0) is 0 Å². The van der Waals surface area contributed by atoms with Gasteiger partial charge >= 0.3 is 6.18 Å². The van der Waals surface area contributed by atoms with Crippen molar-refractivity contribution in [2.45, 2.75) is 12.6 Å². The topological polar surface area (TPSA) is 40.5 Å². The molecular weight excluding hydrogens is 392 g/mol. The van der Waals surface area contributed by atoms with Gasteiger partial charge in [-0.15, -0.1) is 35.3 Å². The summed E-state index contributed by atoms with van der Waals surface area (Å²) in [5.41, 5.74) is -0.820. The van der Waals surface area contributed by atoms with E-state index in [2.05, 4.69) is 15.3 Å². The molecule has 1 aromatic rings. The summed E-state index contributed by atoms with van der Waals surface area (Å²) >= 11 is 1.02. The van der Waals surface area contributed by atoms with Gasteiger partial charge in [0.15, 0.2) is 11.7 Å². The highest BCUT2D eigenvalue weighted by molar-refractivity contribution is 14.0. The lowest BCUT2D eigenvalue weighted by molar-refractivity contribution is -0.140. The highest BCUT2D eigenvalue weighted by Gasteiger charge is 2.33. The second-order valence-corrected chi connectivity index (χ2v) is 4.69. The molecule has 0 saturated carbocycles. The van der Waals surface area contributed by atoms with E-state index in [-0.39, 0.29) is 24.0 Å². The molecule has 0 unspecified atom stereocenters. The number of hydrogen-bond acceptors (Lipinski definition) is 3. The zero-order chi connectivity index (χ0) is 13.8. The molecule has 110 valence electrons.